The molecule has 1 aromatic heterocycles. The van der Waals surface area contributed by atoms with Gasteiger partial charge in [-0.15, -0.1) is 0 Å². The molecule has 0 N–H and O–H groups in total. The second kappa shape index (κ2) is 9.19. The highest BCUT2D eigenvalue weighted by molar-refractivity contribution is 4.63. The fourth-order valence-corrected chi connectivity index (χ4v) is 1.42. The molecule has 17 heavy (non-hydrogen) atoms. The molecule has 0 saturated heterocycles. The SMILES string of the molecule is CCCCOCn1cc[n+](COCCCC)c1. The predicted molar refractivity (Wildman–Crippen MR) is 66.3 cm³/mol. The van der Waals surface area contributed by atoms with Crippen LogP contribution in [-0.4, -0.2) is 17.8 Å². The molecule has 0 aliphatic rings. The molecule has 1 heterocycles. The average Bonchev–Trinajstić information content (AvgIpc) is 2.78. The molecular weight excluding hydrogens is 216 g/mol. The molecule has 0 bridgehead atoms. The maximum Gasteiger partial charge on any atom is 0.247 e. The summed E-state index contributed by atoms with van der Waals surface area (Å²) in [5.74, 6) is 0. The Hall–Kier alpha value is -0.870. The first-order valence-electron chi connectivity index (χ1n) is 6.57. The molecule has 0 aliphatic carbocycles. The van der Waals surface area contributed by atoms with Gasteiger partial charge >= 0.3 is 0 Å². The highest BCUT2D eigenvalue weighted by Gasteiger charge is 2.02. The van der Waals surface area contributed by atoms with Crippen molar-refractivity contribution in [2.75, 3.05) is 13.2 Å². The van der Waals surface area contributed by atoms with E-state index in [2.05, 4.69) is 13.8 Å². The quantitative estimate of drug-likeness (QED) is 0.464. The Morgan fingerprint density at radius 1 is 1.06 bits per heavy atom. The number of ether oxygens (including phenoxy) is 2. The van der Waals surface area contributed by atoms with Gasteiger partial charge in [0.1, 0.15) is 12.4 Å². The minimum Gasteiger partial charge on any atom is -0.342 e. The number of aromatic nitrogens is 2. The monoisotopic (exact) mass is 241 g/mol. The van der Waals surface area contributed by atoms with E-state index in [0.29, 0.717) is 13.5 Å². The van der Waals surface area contributed by atoms with Crippen LogP contribution in [0.2, 0.25) is 0 Å². The van der Waals surface area contributed by atoms with Crippen molar-refractivity contribution in [3.8, 4) is 0 Å². The topological polar surface area (TPSA) is 27.3 Å². The maximum atomic E-state index is 5.53. The van der Waals surface area contributed by atoms with E-state index in [0.717, 1.165) is 26.1 Å². The molecule has 0 fully saturated rings. The van der Waals surface area contributed by atoms with E-state index in [1.165, 1.54) is 12.8 Å². The number of rotatable bonds is 10. The van der Waals surface area contributed by atoms with Crippen molar-refractivity contribution in [1.29, 1.82) is 0 Å². The third-order valence-electron chi connectivity index (χ3n) is 2.51. The Morgan fingerprint density at radius 2 is 1.76 bits per heavy atom. The highest BCUT2D eigenvalue weighted by atomic mass is 16.5. The summed E-state index contributed by atoms with van der Waals surface area (Å²) < 4.78 is 15.1. The summed E-state index contributed by atoms with van der Waals surface area (Å²) in [6.45, 7) is 7.26. The molecule has 0 aromatic carbocycles. The van der Waals surface area contributed by atoms with Crippen LogP contribution in [0.15, 0.2) is 18.7 Å². The summed E-state index contributed by atoms with van der Waals surface area (Å²) in [5, 5.41) is 0. The summed E-state index contributed by atoms with van der Waals surface area (Å²) in [5.41, 5.74) is 0. The van der Waals surface area contributed by atoms with Crippen molar-refractivity contribution in [1.82, 2.24) is 4.57 Å². The molecule has 0 spiro atoms. The summed E-state index contributed by atoms with van der Waals surface area (Å²) in [6.07, 6.45) is 10.6. The van der Waals surface area contributed by atoms with Gasteiger partial charge in [0.25, 0.3) is 0 Å². The minimum absolute atomic E-state index is 0.627. The van der Waals surface area contributed by atoms with Gasteiger partial charge in [0.2, 0.25) is 6.33 Å². The predicted octanol–water partition coefficient (Wildman–Crippen LogP) is 2.32. The second-order valence-corrected chi connectivity index (χ2v) is 4.22. The molecule has 0 amide bonds. The van der Waals surface area contributed by atoms with Crippen LogP contribution in [-0.2, 0) is 22.9 Å². The first kappa shape index (κ1) is 14.2. The minimum atomic E-state index is 0.627. The molecule has 98 valence electrons. The standard InChI is InChI=1S/C13H25N2O2/c1-3-5-9-16-12-14-7-8-15(11-14)13-17-10-6-4-2/h7-8,11H,3-6,9-10,12-13H2,1-2H3/q+1. The van der Waals surface area contributed by atoms with Crippen LogP contribution in [0.3, 0.4) is 0 Å². The third kappa shape index (κ3) is 6.44. The van der Waals surface area contributed by atoms with Gasteiger partial charge in [-0.2, -0.15) is 0 Å². The van der Waals surface area contributed by atoms with Gasteiger partial charge in [0, 0.05) is 0 Å². The molecule has 4 nitrogen and oxygen atoms in total. The fourth-order valence-electron chi connectivity index (χ4n) is 1.42. The Morgan fingerprint density at radius 3 is 2.47 bits per heavy atom. The van der Waals surface area contributed by atoms with Crippen LogP contribution in [0.25, 0.3) is 0 Å². The molecule has 0 saturated carbocycles. The lowest BCUT2D eigenvalue weighted by atomic mass is 10.4. The molecule has 4 heteroatoms. The van der Waals surface area contributed by atoms with Crippen LogP contribution in [0, 0.1) is 0 Å². The summed E-state index contributed by atoms with van der Waals surface area (Å²) >= 11 is 0. The Balaban J connectivity index is 2.14. The number of imidazole rings is 1. The summed E-state index contributed by atoms with van der Waals surface area (Å²) in [6, 6.07) is 0. The zero-order valence-electron chi connectivity index (χ0n) is 11.1. The lowest BCUT2D eigenvalue weighted by molar-refractivity contribution is -0.732. The highest BCUT2D eigenvalue weighted by Crippen LogP contribution is 1.92. The average molecular weight is 241 g/mol. The maximum absolute atomic E-state index is 5.53. The van der Waals surface area contributed by atoms with E-state index in [-0.39, 0.29) is 0 Å². The first-order chi connectivity index (χ1) is 8.36. The van der Waals surface area contributed by atoms with Crippen LogP contribution in [0.1, 0.15) is 39.5 Å². The Labute approximate surface area is 104 Å². The van der Waals surface area contributed by atoms with Gasteiger partial charge < -0.3 is 9.47 Å². The van der Waals surface area contributed by atoms with Gasteiger partial charge in [-0.1, -0.05) is 26.7 Å². The molecule has 0 unspecified atom stereocenters. The van der Waals surface area contributed by atoms with Crippen molar-refractivity contribution in [3.63, 3.8) is 0 Å². The van der Waals surface area contributed by atoms with E-state index in [9.17, 15) is 0 Å². The molecule has 0 atom stereocenters. The van der Waals surface area contributed by atoms with Crippen LogP contribution in [0.4, 0.5) is 0 Å². The van der Waals surface area contributed by atoms with Crippen LogP contribution in [0.5, 0.6) is 0 Å². The van der Waals surface area contributed by atoms with Crippen molar-refractivity contribution in [2.24, 2.45) is 0 Å². The number of unbranched alkanes of at least 4 members (excludes halogenated alkanes) is 2. The van der Waals surface area contributed by atoms with Gasteiger partial charge in [0.15, 0.2) is 13.5 Å². The molecule has 1 aromatic rings. The van der Waals surface area contributed by atoms with Crippen molar-refractivity contribution >= 4 is 0 Å². The van der Waals surface area contributed by atoms with Gasteiger partial charge in [-0.05, 0) is 12.8 Å². The van der Waals surface area contributed by atoms with Gasteiger partial charge in [0.05, 0.1) is 13.2 Å². The van der Waals surface area contributed by atoms with Crippen molar-refractivity contribution < 1.29 is 14.0 Å². The smallest absolute Gasteiger partial charge is 0.247 e. The van der Waals surface area contributed by atoms with Crippen LogP contribution >= 0.6 is 0 Å². The number of hydrogen-bond donors (Lipinski definition) is 0. The van der Waals surface area contributed by atoms with Crippen molar-refractivity contribution in [3.05, 3.63) is 18.7 Å². The third-order valence-corrected chi connectivity index (χ3v) is 2.51. The zero-order valence-corrected chi connectivity index (χ0v) is 11.1. The fraction of sp³-hybridized carbons (Fsp3) is 0.769. The van der Waals surface area contributed by atoms with Crippen molar-refractivity contribution in [2.45, 2.75) is 53.0 Å². The summed E-state index contributed by atoms with van der Waals surface area (Å²) in [4.78, 5) is 0. The zero-order chi connectivity index (χ0) is 12.3. The van der Waals surface area contributed by atoms with E-state index in [1.54, 1.807) is 0 Å². The Bertz CT molecular complexity index is 260. The van der Waals surface area contributed by atoms with Gasteiger partial charge in [-0.25, -0.2) is 9.13 Å². The Kier molecular flexibility index (Phi) is 7.67. The van der Waals surface area contributed by atoms with E-state index >= 15 is 0 Å². The lowest BCUT2D eigenvalue weighted by Crippen LogP contribution is -2.32. The lowest BCUT2D eigenvalue weighted by Gasteiger charge is -2.00. The van der Waals surface area contributed by atoms with E-state index in [1.807, 2.05) is 27.9 Å². The largest absolute Gasteiger partial charge is 0.342 e. The number of hydrogen-bond acceptors (Lipinski definition) is 2. The van der Waals surface area contributed by atoms with E-state index in [4.69, 9.17) is 9.47 Å². The molecular formula is C13H25N2O2+. The molecule has 0 aliphatic heterocycles. The first-order valence-corrected chi connectivity index (χ1v) is 6.57. The van der Waals surface area contributed by atoms with Crippen LogP contribution < -0.4 is 4.57 Å². The number of nitrogens with zero attached hydrogens (tertiary/aromatic N) is 2. The van der Waals surface area contributed by atoms with E-state index < -0.39 is 0 Å². The normalized spacial score (nSPS) is 10.9. The van der Waals surface area contributed by atoms with Gasteiger partial charge in [-0.3, -0.25) is 0 Å². The summed E-state index contributed by atoms with van der Waals surface area (Å²) in [7, 11) is 0. The molecule has 1 rings (SSSR count). The molecule has 0 radical (unpaired) electrons. The second-order valence-electron chi connectivity index (χ2n) is 4.22.